The van der Waals surface area contributed by atoms with Crippen molar-refractivity contribution in [1.82, 2.24) is 20.0 Å². The van der Waals surface area contributed by atoms with Crippen molar-refractivity contribution in [2.24, 2.45) is 0 Å². The van der Waals surface area contributed by atoms with E-state index in [0.717, 1.165) is 11.4 Å². The lowest BCUT2D eigenvalue weighted by atomic mass is 10.1. The van der Waals surface area contributed by atoms with Crippen LogP contribution in [-0.4, -0.2) is 52.9 Å². The number of hydrogen-bond donors (Lipinski definition) is 1. The van der Waals surface area contributed by atoms with Crippen LogP contribution in [-0.2, 0) is 0 Å². The third-order valence-corrected chi connectivity index (χ3v) is 3.99. The van der Waals surface area contributed by atoms with E-state index in [4.69, 9.17) is 4.74 Å². The second-order valence-corrected chi connectivity index (χ2v) is 6.02. The molecule has 0 radical (unpaired) electrons. The van der Waals surface area contributed by atoms with Gasteiger partial charge in [0.1, 0.15) is 5.75 Å². The Labute approximate surface area is 136 Å². The fourth-order valence-electron chi connectivity index (χ4n) is 2.97. The van der Waals surface area contributed by atoms with Gasteiger partial charge in [0.2, 0.25) is 0 Å². The molecule has 3 rings (SSSR count). The zero-order chi connectivity index (χ0) is 16.4. The number of carbonyl (C=O) groups excluding carboxylic acids is 1. The summed E-state index contributed by atoms with van der Waals surface area (Å²) in [6, 6.07) is 9.93. The molecule has 0 spiro atoms. The minimum atomic E-state index is -0.0162. The van der Waals surface area contributed by atoms with Crippen molar-refractivity contribution in [3.63, 3.8) is 0 Å². The summed E-state index contributed by atoms with van der Waals surface area (Å²) >= 11 is 0. The maximum atomic E-state index is 12.6. The van der Waals surface area contributed by atoms with Crippen LogP contribution in [0.1, 0.15) is 24.3 Å². The van der Waals surface area contributed by atoms with Crippen LogP contribution >= 0.6 is 0 Å². The van der Waals surface area contributed by atoms with Crippen molar-refractivity contribution in [1.29, 1.82) is 0 Å². The predicted octanol–water partition coefficient (Wildman–Crippen LogP) is 1.70. The third-order valence-electron chi connectivity index (χ3n) is 3.99. The maximum absolute atomic E-state index is 12.6. The fourth-order valence-corrected chi connectivity index (χ4v) is 2.97. The first-order valence-electron chi connectivity index (χ1n) is 7.82. The van der Waals surface area contributed by atoms with Crippen molar-refractivity contribution in [3.8, 4) is 11.4 Å². The molecule has 122 valence electrons. The Morgan fingerprint density at radius 2 is 1.83 bits per heavy atom. The Hall–Kier alpha value is -2.34. The highest BCUT2D eigenvalue weighted by molar-refractivity contribution is 5.92. The van der Waals surface area contributed by atoms with Gasteiger partial charge in [-0.25, -0.2) is 4.68 Å². The van der Waals surface area contributed by atoms with E-state index in [-0.39, 0.29) is 5.91 Å². The van der Waals surface area contributed by atoms with Crippen molar-refractivity contribution in [3.05, 3.63) is 42.2 Å². The largest absolute Gasteiger partial charge is 0.497 e. The predicted molar refractivity (Wildman–Crippen MR) is 88.1 cm³/mol. The number of nitrogens with zero attached hydrogens (tertiary/aromatic N) is 3. The summed E-state index contributed by atoms with van der Waals surface area (Å²) in [5, 5.41) is 7.85. The van der Waals surface area contributed by atoms with Crippen LogP contribution in [0.5, 0.6) is 5.75 Å². The lowest BCUT2D eigenvalue weighted by Crippen LogP contribution is -2.55. The fraction of sp³-hybridized carbons (Fsp3) is 0.412. The first kappa shape index (κ1) is 15.6. The average Bonchev–Trinajstić information content (AvgIpc) is 3.03. The van der Waals surface area contributed by atoms with Gasteiger partial charge in [-0.2, -0.15) is 5.10 Å². The Morgan fingerprint density at radius 3 is 2.43 bits per heavy atom. The number of carbonyl (C=O) groups is 1. The van der Waals surface area contributed by atoms with Crippen molar-refractivity contribution >= 4 is 5.91 Å². The van der Waals surface area contributed by atoms with Gasteiger partial charge < -0.3 is 15.0 Å². The van der Waals surface area contributed by atoms with E-state index in [1.54, 1.807) is 17.9 Å². The van der Waals surface area contributed by atoms with Crippen molar-refractivity contribution in [2.75, 3.05) is 20.2 Å². The Morgan fingerprint density at radius 1 is 1.17 bits per heavy atom. The maximum Gasteiger partial charge on any atom is 0.274 e. The molecule has 6 nitrogen and oxygen atoms in total. The summed E-state index contributed by atoms with van der Waals surface area (Å²) in [4.78, 5) is 14.5. The molecule has 1 saturated heterocycles. The van der Waals surface area contributed by atoms with E-state index >= 15 is 0 Å². The molecule has 0 saturated carbocycles. The van der Waals surface area contributed by atoms with Gasteiger partial charge in [-0.3, -0.25) is 4.79 Å². The van der Waals surface area contributed by atoms with Gasteiger partial charge in [0.15, 0.2) is 5.69 Å². The van der Waals surface area contributed by atoms with E-state index in [1.807, 2.05) is 35.4 Å². The molecule has 23 heavy (non-hydrogen) atoms. The smallest absolute Gasteiger partial charge is 0.274 e. The molecule has 1 amide bonds. The summed E-state index contributed by atoms with van der Waals surface area (Å²) in [6.07, 6.45) is 1.81. The minimum Gasteiger partial charge on any atom is -0.497 e. The molecule has 1 aliphatic rings. The molecule has 2 heterocycles. The number of amides is 1. The van der Waals surface area contributed by atoms with E-state index in [1.165, 1.54) is 0 Å². The first-order chi connectivity index (χ1) is 11.1. The molecule has 0 bridgehead atoms. The van der Waals surface area contributed by atoms with E-state index in [9.17, 15) is 4.79 Å². The summed E-state index contributed by atoms with van der Waals surface area (Å²) in [5.74, 6) is 0.776. The SMILES string of the molecule is COc1ccc(-n2ccc(C(=O)N3CC(C)NC(C)C3)n2)cc1. The van der Waals surface area contributed by atoms with Crippen molar-refractivity contribution < 1.29 is 9.53 Å². The number of methoxy groups -OCH3 is 1. The Bertz CT molecular complexity index is 670. The number of hydrogen-bond acceptors (Lipinski definition) is 4. The summed E-state index contributed by atoms with van der Waals surface area (Å²) in [6.45, 7) is 5.59. The highest BCUT2D eigenvalue weighted by atomic mass is 16.5. The van der Waals surface area contributed by atoms with Gasteiger partial charge in [0, 0.05) is 31.4 Å². The molecular formula is C17H22N4O2. The molecule has 1 aliphatic heterocycles. The molecule has 0 aliphatic carbocycles. The number of benzene rings is 1. The number of aromatic nitrogens is 2. The van der Waals surface area contributed by atoms with Gasteiger partial charge in [-0.05, 0) is 44.2 Å². The highest BCUT2D eigenvalue weighted by Crippen LogP contribution is 2.15. The minimum absolute atomic E-state index is 0.0162. The Kier molecular flexibility index (Phi) is 4.34. The van der Waals surface area contributed by atoms with Gasteiger partial charge in [0.05, 0.1) is 12.8 Å². The molecule has 2 aromatic rings. The molecule has 1 N–H and O–H groups in total. The monoisotopic (exact) mass is 314 g/mol. The van der Waals surface area contributed by atoms with Gasteiger partial charge >= 0.3 is 0 Å². The van der Waals surface area contributed by atoms with E-state index in [2.05, 4.69) is 24.3 Å². The second kappa shape index (κ2) is 6.42. The van der Waals surface area contributed by atoms with E-state index in [0.29, 0.717) is 30.9 Å². The van der Waals surface area contributed by atoms with Crippen LogP contribution in [0.4, 0.5) is 0 Å². The van der Waals surface area contributed by atoms with Gasteiger partial charge in [-0.15, -0.1) is 0 Å². The number of nitrogens with one attached hydrogen (secondary N) is 1. The number of piperazine rings is 1. The molecule has 1 aromatic heterocycles. The Balaban J connectivity index is 1.76. The second-order valence-electron chi connectivity index (χ2n) is 6.02. The van der Waals surface area contributed by atoms with Crippen LogP contribution in [0, 0.1) is 0 Å². The summed E-state index contributed by atoms with van der Waals surface area (Å²) in [7, 11) is 1.63. The first-order valence-corrected chi connectivity index (χ1v) is 7.82. The summed E-state index contributed by atoms with van der Waals surface area (Å²) in [5.41, 5.74) is 1.37. The van der Waals surface area contributed by atoms with E-state index < -0.39 is 0 Å². The van der Waals surface area contributed by atoms with Gasteiger partial charge in [-0.1, -0.05) is 0 Å². The molecule has 6 heteroatoms. The summed E-state index contributed by atoms with van der Waals surface area (Å²) < 4.78 is 6.86. The zero-order valence-electron chi connectivity index (χ0n) is 13.7. The lowest BCUT2D eigenvalue weighted by Gasteiger charge is -2.35. The van der Waals surface area contributed by atoms with Crippen LogP contribution in [0.25, 0.3) is 5.69 Å². The quantitative estimate of drug-likeness (QED) is 0.937. The van der Waals surface area contributed by atoms with Crippen LogP contribution < -0.4 is 10.1 Å². The highest BCUT2D eigenvalue weighted by Gasteiger charge is 2.26. The van der Waals surface area contributed by atoms with Crippen LogP contribution in [0.2, 0.25) is 0 Å². The standard InChI is InChI=1S/C17H22N4O2/c1-12-10-20(11-13(2)18-12)17(22)16-8-9-21(19-16)14-4-6-15(23-3)7-5-14/h4-9,12-13,18H,10-11H2,1-3H3. The topological polar surface area (TPSA) is 59.4 Å². The number of ether oxygens (including phenoxy) is 1. The third kappa shape index (κ3) is 3.37. The van der Waals surface area contributed by atoms with Gasteiger partial charge in [0.25, 0.3) is 5.91 Å². The molecule has 1 fully saturated rings. The molecule has 2 atom stereocenters. The number of rotatable bonds is 3. The molecular weight excluding hydrogens is 292 g/mol. The van der Waals surface area contributed by atoms with Crippen molar-refractivity contribution in [2.45, 2.75) is 25.9 Å². The molecule has 2 unspecified atom stereocenters. The van der Waals surface area contributed by atoms with Crippen LogP contribution in [0.3, 0.4) is 0 Å². The molecule has 1 aromatic carbocycles. The van der Waals surface area contributed by atoms with Crippen LogP contribution in [0.15, 0.2) is 36.5 Å². The average molecular weight is 314 g/mol. The zero-order valence-corrected chi connectivity index (χ0v) is 13.7. The normalized spacial score (nSPS) is 21.3. The lowest BCUT2D eigenvalue weighted by molar-refractivity contribution is 0.0667.